The number of rotatable bonds is 4. The van der Waals surface area contributed by atoms with Crippen molar-refractivity contribution in [1.29, 1.82) is 0 Å². The minimum atomic E-state index is 0.724. The fraction of sp³-hybridized carbons (Fsp3) is 0.231. The minimum absolute atomic E-state index is 0.724. The smallest absolute Gasteiger partial charge is 0.177 e. The van der Waals surface area contributed by atoms with Crippen LogP contribution in [-0.2, 0) is 6.54 Å². The van der Waals surface area contributed by atoms with Gasteiger partial charge < -0.3 is 0 Å². The van der Waals surface area contributed by atoms with E-state index in [2.05, 4.69) is 56.3 Å². The number of hydrogen-bond acceptors (Lipinski definition) is 5. The summed E-state index contributed by atoms with van der Waals surface area (Å²) in [6.45, 7) is 3.58. The second-order valence-corrected chi connectivity index (χ2v) is 5.15. The number of nitrogens with one attached hydrogen (secondary N) is 2. The Hall–Kier alpha value is -1.86. The maximum atomic E-state index is 4.43. The molecule has 0 bridgehead atoms. The summed E-state index contributed by atoms with van der Waals surface area (Å²) >= 11 is 3.61. The molecule has 1 aromatic heterocycles. The number of hydrogen-bond donors (Lipinski definition) is 2. The van der Waals surface area contributed by atoms with Gasteiger partial charge in [0.2, 0.25) is 0 Å². The fourth-order valence-electron chi connectivity index (χ4n) is 2.07. The molecule has 3 rings (SSSR count). The first kappa shape index (κ1) is 13.1. The van der Waals surface area contributed by atoms with E-state index in [9.17, 15) is 0 Å². The zero-order valence-corrected chi connectivity index (χ0v) is 12.6. The van der Waals surface area contributed by atoms with E-state index < -0.39 is 0 Å². The van der Waals surface area contributed by atoms with Gasteiger partial charge in [0.25, 0.3) is 0 Å². The molecule has 104 valence electrons. The molecule has 6 nitrogen and oxygen atoms in total. The molecule has 2 heterocycles. The Morgan fingerprint density at radius 3 is 2.80 bits per heavy atom. The van der Waals surface area contributed by atoms with E-state index in [1.165, 1.54) is 5.56 Å². The summed E-state index contributed by atoms with van der Waals surface area (Å²) in [5.41, 5.74) is 7.89. The lowest BCUT2D eigenvalue weighted by Crippen LogP contribution is -2.40. The Kier molecular flexibility index (Phi) is 3.70. The van der Waals surface area contributed by atoms with Crippen LogP contribution in [0.25, 0.3) is 0 Å². The quantitative estimate of drug-likeness (QED) is 0.893. The van der Waals surface area contributed by atoms with Gasteiger partial charge in [0.1, 0.15) is 4.60 Å². The van der Waals surface area contributed by atoms with E-state index in [-0.39, 0.29) is 0 Å². The zero-order valence-electron chi connectivity index (χ0n) is 11.0. The second kappa shape index (κ2) is 5.64. The van der Waals surface area contributed by atoms with Crippen LogP contribution in [0.15, 0.2) is 46.2 Å². The molecule has 1 aliphatic heterocycles. The normalized spacial score (nSPS) is 14.3. The van der Waals surface area contributed by atoms with Gasteiger partial charge in [0.15, 0.2) is 5.84 Å². The van der Waals surface area contributed by atoms with Crippen LogP contribution in [0.1, 0.15) is 18.1 Å². The van der Waals surface area contributed by atoms with Crippen molar-refractivity contribution >= 4 is 21.8 Å². The van der Waals surface area contributed by atoms with E-state index >= 15 is 0 Å². The molecule has 2 aromatic rings. The average molecular weight is 335 g/mol. The maximum absolute atomic E-state index is 4.43. The highest BCUT2D eigenvalue weighted by molar-refractivity contribution is 9.10. The first-order valence-electron chi connectivity index (χ1n) is 6.41. The Morgan fingerprint density at radius 1 is 1.25 bits per heavy atom. The van der Waals surface area contributed by atoms with E-state index in [1.807, 2.05) is 34.1 Å². The third-order valence-electron chi connectivity index (χ3n) is 3.11. The molecule has 1 aliphatic rings. The number of amidine groups is 1. The predicted octanol–water partition coefficient (Wildman–Crippen LogP) is 1.70. The van der Waals surface area contributed by atoms with Crippen molar-refractivity contribution in [3.63, 3.8) is 0 Å². The van der Waals surface area contributed by atoms with Crippen LogP contribution in [-0.4, -0.2) is 27.2 Å². The molecule has 0 spiro atoms. The molecule has 0 amide bonds. The van der Waals surface area contributed by atoms with Crippen LogP contribution in [0.3, 0.4) is 0 Å². The monoisotopic (exact) mass is 334 g/mol. The molecule has 2 N–H and O–H groups in total. The summed E-state index contributed by atoms with van der Waals surface area (Å²) in [5, 5.41) is 10.6. The molecule has 0 radical (unpaired) electrons. The highest BCUT2D eigenvalue weighted by Crippen LogP contribution is 2.20. The molecule has 0 aliphatic carbocycles. The van der Waals surface area contributed by atoms with Crippen molar-refractivity contribution in [1.82, 2.24) is 25.9 Å². The Labute approximate surface area is 125 Å². The first-order valence-corrected chi connectivity index (χ1v) is 7.20. The van der Waals surface area contributed by atoms with E-state index in [4.69, 9.17) is 0 Å². The molecule has 0 fully saturated rings. The van der Waals surface area contributed by atoms with Crippen LogP contribution in [0.2, 0.25) is 0 Å². The van der Waals surface area contributed by atoms with Gasteiger partial charge in [0.05, 0.1) is 18.3 Å². The second-order valence-electron chi connectivity index (χ2n) is 4.40. The lowest BCUT2D eigenvalue weighted by atomic mass is 10.2. The molecule has 20 heavy (non-hydrogen) atoms. The van der Waals surface area contributed by atoms with Crippen LogP contribution >= 0.6 is 15.9 Å². The number of halogens is 1. The average Bonchev–Trinajstić information content (AvgIpc) is 3.07. The van der Waals surface area contributed by atoms with E-state index in [1.54, 1.807) is 0 Å². The first-order chi connectivity index (χ1) is 9.79. The van der Waals surface area contributed by atoms with Crippen molar-refractivity contribution < 1.29 is 0 Å². The summed E-state index contributed by atoms with van der Waals surface area (Å²) < 4.78 is 2.84. The van der Waals surface area contributed by atoms with Crippen LogP contribution in [0.5, 0.6) is 0 Å². The molecule has 7 heteroatoms. The topological polar surface area (TPSA) is 57.5 Å². The standard InChI is InChI=1S/C13H15BrN6/c1-2-19-13(16-17-18-19)11-8-15-20(12(11)14)9-10-6-4-3-5-7-10/h3-8,17-18H,2,9H2,1H3. The maximum Gasteiger partial charge on any atom is 0.177 e. The highest BCUT2D eigenvalue weighted by atomic mass is 79.9. The van der Waals surface area contributed by atoms with Crippen LogP contribution < -0.4 is 11.1 Å². The predicted molar refractivity (Wildman–Crippen MR) is 80.7 cm³/mol. The number of benzene rings is 1. The SMILES string of the molecule is CCN1NNN=C1c1cnn(Cc2ccccc2)c1Br. The number of nitrogens with zero attached hydrogens (tertiary/aromatic N) is 4. The van der Waals surface area contributed by atoms with Crippen LogP contribution in [0.4, 0.5) is 0 Å². The molecule has 0 atom stereocenters. The van der Waals surface area contributed by atoms with Crippen molar-refractivity contribution in [3.05, 3.63) is 52.3 Å². The van der Waals surface area contributed by atoms with Gasteiger partial charge in [-0.05, 0) is 28.4 Å². The lowest BCUT2D eigenvalue weighted by molar-refractivity contribution is 0.308. The van der Waals surface area contributed by atoms with Gasteiger partial charge >= 0.3 is 0 Å². The van der Waals surface area contributed by atoms with Gasteiger partial charge in [-0.3, -0.25) is 9.69 Å². The van der Waals surface area contributed by atoms with Gasteiger partial charge in [0, 0.05) is 6.54 Å². The zero-order chi connectivity index (χ0) is 13.9. The number of hydrazine groups is 2. The summed E-state index contributed by atoms with van der Waals surface area (Å²) in [6.07, 6.45) is 1.82. The van der Waals surface area contributed by atoms with Crippen molar-refractivity contribution in [3.8, 4) is 0 Å². The van der Waals surface area contributed by atoms with Crippen molar-refractivity contribution in [2.45, 2.75) is 13.5 Å². The Bertz CT molecular complexity index is 621. The molecule has 1 aromatic carbocycles. The highest BCUT2D eigenvalue weighted by Gasteiger charge is 2.22. The molecule has 0 saturated carbocycles. The summed E-state index contributed by atoms with van der Waals surface area (Å²) in [6, 6.07) is 10.2. The molecule has 0 unspecified atom stereocenters. The largest absolute Gasteiger partial charge is 0.271 e. The van der Waals surface area contributed by atoms with Crippen molar-refractivity contribution in [2.24, 2.45) is 5.10 Å². The van der Waals surface area contributed by atoms with E-state index in [0.29, 0.717) is 0 Å². The van der Waals surface area contributed by atoms with Crippen molar-refractivity contribution in [2.75, 3.05) is 6.54 Å². The van der Waals surface area contributed by atoms with E-state index in [0.717, 1.165) is 29.1 Å². The molecular formula is C13H15BrN6. The van der Waals surface area contributed by atoms with Gasteiger partial charge in [-0.1, -0.05) is 30.3 Å². The third kappa shape index (κ3) is 2.41. The van der Waals surface area contributed by atoms with Gasteiger partial charge in [-0.15, -0.1) is 10.6 Å². The Balaban J connectivity index is 1.86. The van der Waals surface area contributed by atoms with Gasteiger partial charge in [-0.2, -0.15) is 5.10 Å². The fourth-order valence-corrected chi connectivity index (χ4v) is 2.57. The summed E-state index contributed by atoms with van der Waals surface area (Å²) in [7, 11) is 0. The lowest BCUT2D eigenvalue weighted by Gasteiger charge is -2.15. The van der Waals surface area contributed by atoms with Gasteiger partial charge in [-0.25, -0.2) is 5.53 Å². The number of aromatic nitrogens is 2. The van der Waals surface area contributed by atoms with Crippen LogP contribution in [0, 0.1) is 0 Å². The minimum Gasteiger partial charge on any atom is -0.271 e. The number of hydrazone groups is 1. The summed E-state index contributed by atoms with van der Waals surface area (Å²) in [5.74, 6) is 0.832. The third-order valence-corrected chi connectivity index (χ3v) is 3.95. The molecular weight excluding hydrogens is 320 g/mol. The Morgan fingerprint density at radius 2 is 2.05 bits per heavy atom. The molecule has 0 saturated heterocycles. The summed E-state index contributed by atoms with van der Waals surface area (Å²) in [4.78, 5) is 0.